The second kappa shape index (κ2) is 4.86. The van der Waals surface area contributed by atoms with Gasteiger partial charge in [-0.3, -0.25) is 9.30 Å². The largest absolute Gasteiger partial charge is 0.294 e. The van der Waals surface area contributed by atoms with Gasteiger partial charge in [-0.2, -0.15) is 0 Å². The monoisotopic (exact) mass is 264 g/mol. The van der Waals surface area contributed by atoms with Crippen LogP contribution in [0.2, 0.25) is 5.02 Å². The summed E-state index contributed by atoms with van der Waals surface area (Å²) in [5.41, 5.74) is 0.760. The van der Waals surface area contributed by atoms with E-state index in [9.17, 15) is 0 Å². The third-order valence-corrected chi connectivity index (χ3v) is 4.03. The number of pyridine rings is 1. The number of piperidine rings is 1. The molecule has 3 rings (SSSR count). The molecule has 0 spiro atoms. The summed E-state index contributed by atoms with van der Waals surface area (Å²) >= 11 is 6.14. The fourth-order valence-corrected chi connectivity index (χ4v) is 2.99. The molecule has 0 aliphatic carbocycles. The van der Waals surface area contributed by atoms with Crippen molar-refractivity contribution in [2.45, 2.75) is 32.2 Å². The number of aromatic nitrogens is 3. The van der Waals surface area contributed by atoms with E-state index >= 15 is 0 Å². The molecule has 1 aliphatic rings. The maximum Gasteiger partial charge on any atom is 0.179 e. The minimum absolute atomic E-state index is 0.372. The summed E-state index contributed by atoms with van der Waals surface area (Å²) in [6.07, 6.45) is 5.69. The van der Waals surface area contributed by atoms with Crippen LogP contribution in [0.15, 0.2) is 18.3 Å². The van der Waals surface area contributed by atoms with Gasteiger partial charge in [-0.05, 0) is 38.1 Å². The Kier molecular flexibility index (Phi) is 3.22. The highest BCUT2D eigenvalue weighted by molar-refractivity contribution is 6.33. The maximum atomic E-state index is 6.14. The molecule has 0 amide bonds. The molecule has 0 aromatic carbocycles. The van der Waals surface area contributed by atoms with Crippen molar-refractivity contribution in [3.63, 3.8) is 0 Å². The van der Waals surface area contributed by atoms with E-state index in [-0.39, 0.29) is 0 Å². The van der Waals surface area contributed by atoms with Crippen LogP contribution >= 0.6 is 11.6 Å². The number of hydrogen-bond donors (Lipinski definition) is 0. The number of fused-ring (bicyclic) bond motifs is 1. The SMILES string of the molecule is CCN1CCCCC1c1nnc2c(Cl)cccn12. The molecule has 1 unspecified atom stereocenters. The van der Waals surface area contributed by atoms with Crippen LogP contribution in [0.4, 0.5) is 0 Å². The average molecular weight is 265 g/mol. The highest BCUT2D eigenvalue weighted by atomic mass is 35.5. The van der Waals surface area contributed by atoms with Crippen molar-refractivity contribution in [1.29, 1.82) is 0 Å². The Labute approximate surface area is 112 Å². The first-order chi connectivity index (χ1) is 8.81. The van der Waals surface area contributed by atoms with Crippen molar-refractivity contribution in [3.05, 3.63) is 29.2 Å². The Bertz CT molecular complexity index is 551. The van der Waals surface area contributed by atoms with E-state index in [2.05, 4.69) is 22.0 Å². The molecule has 18 heavy (non-hydrogen) atoms. The van der Waals surface area contributed by atoms with Crippen LogP contribution < -0.4 is 0 Å². The Balaban J connectivity index is 2.05. The minimum atomic E-state index is 0.372. The Morgan fingerprint density at radius 3 is 3.11 bits per heavy atom. The first-order valence-electron chi connectivity index (χ1n) is 6.54. The number of hydrogen-bond acceptors (Lipinski definition) is 3. The van der Waals surface area contributed by atoms with Gasteiger partial charge in [-0.15, -0.1) is 10.2 Å². The molecule has 4 nitrogen and oxygen atoms in total. The van der Waals surface area contributed by atoms with Crippen molar-refractivity contribution in [3.8, 4) is 0 Å². The van der Waals surface area contributed by atoms with Crippen molar-refractivity contribution in [2.24, 2.45) is 0 Å². The Hall–Kier alpha value is -1.13. The van der Waals surface area contributed by atoms with Crippen LogP contribution in [0.1, 0.15) is 38.1 Å². The predicted octanol–water partition coefficient (Wildman–Crippen LogP) is 2.93. The van der Waals surface area contributed by atoms with E-state index in [1.165, 1.54) is 12.8 Å². The van der Waals surface area contributed by atoms with Crippen LogP contribution in [0, 0.1) is 0 Å². The number of halogens is 1. The van der Waals surface area contributed by atoms with Crippen molar-refractivity contribution in [1.82, 2.24) is 19.5 Å². The van der Waals surface area contributed by atoms with E-state index in [4.69, 9.17) is 11.6 Å². The molecule has 96 valence electrons. The molecule has 0 radical (unpaired) electrons. The molecular formula is C13H17ClN4. The predicted molar refractivity (Wildman–Crippen MR) is 71.8 cm³/mol. The lowest BCUT2D eigenvalue weighted by Crippen LogP contribution is -2.34. The second-order valence-corrected chi connectivity index (χ2v) is 5.16. The molecular weight excluding hydrogens is 248 g/mol. The van der Waals surface area contributed by atoms with Gasteiger partial charge in [-0.1, -0.05) is 24.9 Å². The van der Waals surface area contributed by atoms with E-state index in [1.807, 2.05) is 22.7 Å². The molecule has 0 saturated carbocycles. The zero-order valence-electron chi connectivity index (χ0n) is 10.5. The highest BCUT2D eigenvalue weighted by Crippen LogP contribution is 2.30. The van der Waals surface area contributed by atoms with Gasteiger partial charge in [0.1, 0.15) is 0 Å². The van der Waals surface area contributed by atoms with Crippen LogP contribution in [0.25, 0.3) is 5.65 Å². The van der Waals surface area contributed by atoms with Gasteiger partial charge in [0.15, 0.2) is 11.5 Å². The Morgan fingerprint density at radius 2 is 2.28 bits per heavy atom. The summed E-state index contributed by atoms with van der Waals surface area (Å²) in [4.78, 5) is 2.47. The van der Waals surface area contributed by atoms with Gasteiger partial charge in [0.25, 0.3) is 0 Å². The standard InChI is InChI=1S/C13H17ClN4/c1-2-17-8-4-3-7-11(17)13-16-15-12-10(14)6-5-9-18(12)13/h5-6,9,11H,2-4,7-8H2,1H3. The van der Waals surface area contributed by atoms with Gasteiger partial charge in [0.05, 0.1) is 11.1 Å². The average Bonchev–Trinajstić information content (AvgIpc) is 2.84. The van der Waals surface area contributed by atoms with E-state index in [1.54, 1.807) is 0 Å². The summed E-state index contributed by atoms with van der Waals surface area (Å²) < 4.78 is 2.03. The van der Waals surface area contributed by atoms with E-state index in [0.717, 1.165) is 31.0 Å². The van der Waals surface area contributed by atoms with Gasteiger partial charge in [0, 0.05) is 6.20 Å². The van der Waals surface area contributed by atoms with E-state index in [0.29, 0.717) is 11.1 Å². The third-order valence-electron chi connectivity index (χ3n) is 3.73. The highest BCUT2D eigenvalue weighted by Gasteiger charge is 2.26. The van der Waals surface area contributed by atoms with Crippen molar-refractivity contribution in [2.75, 3.05) is 13.1 Å². The van der Waals surface area contributed by atoms with Crippen LogP contribution in [0.5, 0.6) is 0 Å². The first kappa shape index (κ1) is 11.9. The second-order valence-electron chi connectivity index (χ2n) is 4.75. The molecule has 0 N–H and O–H groups in total. The summed E-state index contributed by atoms with van der Waals surface area (Å²) in [7, 11) is 0. The first-order valence-corrected chi connectivity index (χ1v) is 6.92. The summed E-state index contributed by atoms with van der Waals surface area (Å²) in [6, 6.07) is 4.17. The molecule has 0 bridgehead atoms. The zero-order valence-corrected chi connectivity index (χ0v) is 11.3. The summed E-state index contributed by atoms with van der Waals surface area (Å²) in [5.74, 6) is 1.02. The van der Waals surface area contributed by atoms with Gasteiger partial charge in [0.2, 0.25) is 0 Å². The third kappa shape index (κ3) is 1.89. The van der Waals surface area contributed by atoms with Crippen LogP contribution in [-0.2, 0) is 0 Å². The Morgan fingerprint density at radius 1 is 1.39 bits per heavy atom. The van der Waals surface area contributed by atoms with Crippen molar-refractivity contribution < 1.29 is 0 Å². The normalized spacial score (nSPS) is 21.6. The number of nitrogens with zero attached hydrogens (tertiary/aromatic N) is 4. The summed E-state index contributed by atoms with van der Waals surface area (Å²) in [5, 5.41) is 9.24. The molecule has 2 aromatic rings. The molecule has 1 aliphatic heterocycles. The molecule has 2 aromatic heterocycles. The van der Waals surface area contributed by atoms with E-state index < -0.39 is 0 Å². The lowest BCUT2D eigenvalue weighted by atomic mass is 10.0. The topological polar surface area (TPSA) is 33.4 Å². The smallest absolute Gasteiger partial charge is 0.179 e. The number of likely N-dealkylation sites (tertiary alicyclic amines) is 1. The molecule has 5 heteroatoms. The van der Waals surface area contributed by atoms with Crippen LogP contribution in [-0.4, -0.2) is 32.6 Å². The molecule has 1 saturated heterocycles. The van der Waals surface area contributed by atoms with Gasteiger partial charge < -0.3 is 0 Å². The maximum absolute atomic E-state index is 6.14. The number of rotatable bonds is 2. The lowest BCUT2D eigenvalue weighted by molar-refractivity contribution is 0.149. The van der Waals surface area contributed by atoms with Gasteiger partial charge in [-0.25, -0.2) is 0 Å². The fourth-order valence-electron chi connectivity index (χ4n) is 2.79. The minimum Gasteiger partial charge on any atom is -0.294 e. The zero-order chi connectivity index (χ0) is 12.5. The fraction of sp³-hybridized carbons (Fsp3) is 0.538. The van der Waals surface area contributed by atoms with Gasteiger partial charge >= 0.3 is 0 Å². The lowest BCUT2D eigenvalue weighted by Gasteiger charge is -2.33. The quantitative estimate of drug-likeness (QED) is 0.836. The molecule has 1 fully saturated rings. The van der Waals surface area contributed by atoms with Crippen LogP contribution in [0.3, 0.4) is 0 Å². The molecule has 1 atom stereocenters. The summed E-state index contributed by atoms with van der Waals surface area (Å²) in [6.45, 7) is 4.41. The van der Waals surface area contributed by atoms with Crippen molar-refractivity contribution >= 4 is 17.2 Å². The molecule has 3 heterocycles.